The quantitative estimate of drug-likeness (QED) is 0.508. The lowest BCUT2D eigenvalue weighted by molar-refractivity contribution is 0.255. The fraction of sp³-hybridized carbons (Fsp3) is 0.643. The van der Waals surface area contributed by atoms with Crippen molar-refractivity contribution in [3.05, 3.63) is 41.5 Å². The number of rotatable bonds is 6. The van der Waals surface area contributed by atoms with Gasteiger partial charge < -0.3 is 4.90 Å². The molecule has 1 aromatic carbocycles. The lowest BCUT2D eigenvalue weighted by Crippen LogP contribution is -2.39. The van der Waals surface area contributed by atoms with Crippen LogP contribution in [0.4, 0.5) is 0 Å². The van der Waals surface area contributed by atoms with Crippen LogP contribution in [0.3, 0.4) is 0 Å². The Morgan fingerprint density at radius 2 is 1.74 bits per heavy atom. The maximum absolute atomic E-state index is 4.78. The van der Waals surface area contributed by atoms with Crippen molar-refractivity contribution in [2.45, 2.75) is 72.6 Å². The zero-order chi connectivity index (χ0) is 21.8. The van der Waals surface area contributed by atoms with Gasteiger partial charge in [0.1, 0.15) is 11.7 Å². The Bertz CT molecular complexity index is 820. The van der Waals surface area contributed by atoms with Crippen LogP contribution in [-0.4, -0.2) is 36.2 Å². The van der Waals surface area contributed by atoms with Crippen LogP contribution in [0.15, 0.2) is 40.3 Å². The number of benzene rings is 1. The molecule has 1 aliphatic carbocycles. The Balaban J connectivity index is 1.22. The maximum atomic E-state index is 4.78. The number of hydrogen-bond donors (Lipinski definition) is 0. The molecule has 1 unspecified atom stereocenters. The molecule has 4 rings (SSSR count). The van der Waals surface area contributed by atoms with E-state index >= 15 is 0 Å². The minimum absolute atomic E-state index is 0.438. The molecular weight excluding hydrogens is 378 g/mol. The highest BCUT2D eigenvalue weighted by Crippen LogP contribution is 2.34. The second-order valence-corrected chi connectivity index (χ2v) is 10.5. The van der Waals surface area contributed by atoms with Gasteiger partial charge in [-0.3, -0.25) is 4.99 Å². The molecule has 0 saturated carbocycles. The van der Waals surface area contributed by atoms with Crippen molar-refractivity contribution in [3.63, 3.8) is 0 Å². The first-order valence-electron chi connectivity index (χ1n) is 12.6. The summed E-state index contributed by atoms with van der Waals surface area (Å²) in [5, 5.41) is 0. The predicted molar refractivity (Wildman–Crippen MR) is 134 cm³/mol. The topological polar surface area (TPSA) is 28.0 Å². The van der Waals surface area contributed by atoms with Crippen molar-refractivity contribution < 1.29 is 0 Å². The number of likely N-dealkylation sites (tertiary alicyclic amines) is 1. The van der Waals surface area contributed by atoms with Gasteiger partial charge in [-0.25, -0.2) is 4.99 Å². The fourth-order valence-corrected chi connectivity index (χ4v) is 5.30. The van der Waals surface area contributed by atoms with Crippen LogP contribution in [0.1, 0.15) is 77.3 Å². The summed E-state index contributed by atoms with van der Waals surface area (Å²) in [6, 6.07) is 9.48. The molecule has 0 aromatic heterocycles. The molecule has 0 radical (unpaired) electrons. The molecule has 1 fully saturated rings. The molecule has 3 aliphatic rings. The average molecular weight is 420 g/mol. The van der Waals surface area contributed by atoms with Gasteiger partial charge in [0, 0.05) is 19.0 Å². The summed E-state index contributed by atoms with van der Waals surface area (Å²) in [6.45, 7) is 12.2. The number of allylic oxidation sites excluding steroid dienone is 2. The second-order valence-electron chi connectivity index (χ2n) is 10.5. The normalized spacial score (nSPS) is 22.7. The number of aliphatic imine (C=N–C) groups is 2. The van der Waals surface area contributed by atoms with E-state index < -0.39 is 0 Å². The molecule has 1 saturated heterocycles. The van der Waals surface area contributed by atoms with Gasteiger partial charge in [0.2, 0.25) is 0 Å². The third-order valence-electron chi connectivity index (χ3n) is 7.68. The molecule has 3 nitrogen and oxygen atoms in total. The first-order valence-corrected chi connectivity index (χ1v) is 12.6. The fourth-order valence-electron chi connectivity index (χ4n) is 5.30. The van der Waals surface area contributed by atoms with Gasteiger partial charge in [0.15, 0.2) is 0 Å². The molecule has 31 heavy (non-hydrogen) atoms. The first-order chi connectivity index (χ1) is 15.0. The molecular formula is C28H41N3. The lowest BCUT2D eigenvalue weighted by atomic mass is 9.80. The van der Waals surface area contributed by atoms with E-state index in [4.69, 9.17) is 4.99 Å². The summed E-state index contributed by atoms with van der Waals surface area (Å²) in [4.78, 5) is 11.9. The molecule has 0 amide bonds. The van der Waals surface area contributed by atoms with Gasteiger partial charge in [-0.1, -0.05) is 58.0 Å². The van der Waals surface area contributed by atoms with Crippen LogP contribution in [0.2, 0.25) is 0 Å². The van der Waals surface area contributed by atoms with Gasteiger partial charge in [0.05, 0.1) is 6.54 Å². The van der Waals surface area contributed by atoms with Crippen molar-refractivity contribution in [3.8, 4) is 0 Å². The number of piperidine rings is 1. The van der Waals surface area contributed by atoms with E-state index in [1.807, 2.05) is 0 Å². The molecule has 2 aliphatic heterocycles. The first kappa shape index (κ1) is 22.3. The maximum Gasteiger partial charge on any atom is 0.128 e. The van der Waals surface area contributed by atoms with Crippen molar-refractivity contribution in [2.24, 2.45) is 33.7 Å². The predicted octanol–water partition coefficient (Wildman–Crippen LogP) is 6.64. The molecule has 168 valence electrons. The van der Waals surface area contributed by atoms with Crippen LogP contribution < -0.4 is 0 Å². The Morgan fingerprint density at radius 1 is 1.00 bits per heavy atom. The Morgan fingerprint density at radius 3 is 2.32 bits per heavy atom. The molecule has 1 atom stereocenters. The summed E-state index contributed by atoms with van der Waals surface area (Å²) >= 11 is 0. The van der Waals surface area contributed by atoms with Crippen molar-refractivity contribution >= 4 is 17.2 Å². The zero-order valence-corrected chi connectivity index (χ0v) is 20.1. The standard InChI is InChI=1S/C28H41N3/c1-20(2)24-11-13-26(14-12-24)25-9-7-22(8-10-25)5-6-23-15-17-31(18-16-23)27-19-29-28(30-27)21(3)4/h7-10,13,20-21,23-24H,5-6,11-12,14-19H2,1-4H3. The van der Waals surface area contributed by atoms with E-state index in [0.717, 1.165) is 43.2 Å². The monoisotopic (exact) mass is 419 g/mol. The van der Waals surface area contributed by atoms with Gasteiger partial charge in [-0.2, -0.15) is 0 Å². The third-order valence-corrected chi connectivity index (χ3v) is 7.68. The van der Waals surface area contributed by atoms with E-state index in [-0.39, 0.29) is 0 Å². The van der Waals surface area contributed by atoms with Crippen LogP contribution in [0, 0.1) is 23.7 Å². The van der Waals surface area contributed by atoms with Crippen molar-refractivity contribution in [1.82, 2.24) is 4.90 Å². The molecule has 3 heteroatoms. The number of aryl methyl sites for hydroxylation is 1. The zero-order valence-electron chi connectivity index (χ0n) is 20.1. The number of nitrogens with zero attached hydrogens (tertiary/aromatic N) is 3. The summed E-state index contributed by atoms with van der Waals surface area (Å²) in [6.07, 6.45) is 11.5. The lowest BCUT2D eigenvalue weighted by Gasteiger charge is -2.33. The van der Waals surface area contributed by atoms with Crippen LogP contribution >= 0.6 is 0 Å². The SMILES string of the molecule is CC(C)C1=NCC(N2CCC(CCc3ccc(C4=CCC(C(C)C)CC4)cc3)CC2)=N1. The third kappa shape index (κ3) is 5.67. The molecule has 2 heterocycles. The van der Waals surface area contributed by atoms with Gasteiger partial charge in [-0.05, 0) is 79.4 Å². The minimum Gasteiger partial charge on any atom is -0.358 e. The van der Waals surface area contributed by atoms with Crippen LogP contribution in [-0.2, 0) is 6.42 Å². The number of amidine groups is 2. The Kier molecular flexibility index (Phi) is 7.30. The van der Waals surface area contributed by atoms with Gasteiger partial charge in [0.25, 0.3) is 0 Å². The Hall–Kier alpha value is -1.90. The molecule has 0 bridgehead atoms. The summed E-state index contributed by atoms with van der Waals surface area (Å²) in [5.74, 6) is 5.20. The largest absolute Gasteiger partial charge is 0.358 e. The van der Waals surface area contributed by atoms with Gasteiger partial charge >= 0.3 is 0 Å². The van der Waals surface area contributed by atoms with Gasteiger partial charge in [-0.15, -0.1) is 0 Å². The summed E-state index contributed by atoms with van der Waals surface area (Å²) < 4.78 is 0. The van der Waals surface area contributed by atoms with E-state index in [2.05, 4.69) is 67.9 Å². The van der Waals surface area contributed by atoms with E-state index in [1.54, 1.807) is 5.57 Å². The average Bonchev–Trinajstić information content (AvgIpc) is 3.29. The smallest absolute Gasteiger partial charge is 0.128 e. The van der Waals surface area contributed by atoms with Crippen LogP contribution in [0.25, 0.3) is 5.57 Å². The highest BCUT2D eigenvalue weighted by atomic mass is 15.2. The Labute approximate surface area is 189 Å². The molecule has 1 aromatic rings. The minimum atomic E-state index is 0.438. The van der Waals surface area contributed by atoms with E-state index in [9.17, 15) is 0 Å². The van der Waals surface area contributed by atoms with E-state index in [1.165, 1.54) is 61.9 Å². The summed E-state index contributed by atoms with van der Waals surface area (Å²) in [5.41, 5.74) is 4.51. The highest BCUT2D eigenvalue weighted by Gasteiger charge is 2.24. The number of hydrogen-bond acceptors (Lipinski definition) is 3. The summed E-state index contributed by atoms with van der Waals surface area (Å²) in [7, 11) is 0. The second kappa shape index (κ2) is 10.1. The molecule has 0 spiro atoms. The highest BCUT2D eigenvalue weighted by molar-refractivity contribution is 6.03. The van der Waals surface area contributed by atoms with Crippen molar-refractivity contribution in [1.29, 1.82) is 0 Å². The van der Waals surface area contributed by atoms with Crippen molar-refractivity contribution in [2.75, 3.05) is 19.6 Å². The van der Waals surface area contributed by atoms with E-state index in [0.29, 0.717) is 5.92 Å². The van der Waals surface area contributed by atoms with Crippen LogP contribution in [0.5, 0.6) is 0 Å². The molecule has 0 N–H and O–H groups in total.